The lowest BCUT2D eigenvalue weighted by molar-refractivity contribution is 0.00245. The Labute approximate surface area is 152 Å². The number of rotatable bonds is 5. The highest BCUT2D eigenvalue weighted by Crippen LogP contribution is 2.24. The van der Waals surface area contributed by atoms with Crippen molar-refractivity contribution < 1.29 is 9.47 Å². The quantitative estimate of drug-likeness (QED) is 0.580. The predicted octanol–water partition coefficient (Wildman–Crippen LogP) is 1.47. The molecule has 2 unspecified atom stereocenters. The lowest BCUT2D eigenvalue weighted by atomic mass is 9.87. The molecule has 2 heterocycles. The minimum absolute atomic E-state index is 0.497. The first kappa shape index (κ1) is 18.9. The van der Waals surface area contributed by atoms with E-state index in [1.165, 1.54) is 25.7 Å². The van der Waals surface area contributed by atoms with Gasteiger partial charge in [-0.3, -0.25) is 9.89 Å². The Balaban J connectivity index is 1.51. The van der Waals surface area contributed by atoms with Crippen molar-refractivity contribution >= 4 is 5.96 Å². The Kier molecular flexibility index (Phi) is 7.37. The maximum atomic E-state index is 5.66. The number of hydrogen-bond donors (Lipinski definition) is 2. The Bertz CT molecular complexity index is 412. The Morgan fingerprint density at radius 2 is 1.84 bits per heavy atom. The molecule has 0 radical (unpaired) electrons. The van der Waals surface area contributed by atoms with Gasteiger partial charge in [0.05, 0.1) is 19.8 Å². The van der Waals surface area contributed by atoms with E-state index in [0.29, 0.717) is 18.0 Å². The minimum Gasteiger partial charge on any atom is -0.381 e. The van der Waals surface area contributed by atoms with Crippen molar-refractivity contribution in [2.45, 2.75) is 51.1 Å². The summed E-state index contributed by atoms with van der Waals surface area (Å²) in [6.07, 6.45) is 6.32. The normalized spacial score (nSPS) is 33.2. The van der Waals surface area contributed by atoms with Crippen molar-refractivity contribution in [3.8, 4) is 0 Å². The second kappa shape index (κ2) is 9.74. The average molecular weight is 353 g/mol. The van der Waals surface area contributed by atoms with Crippen molar-refractivity contribution in [3.63, 3.8) is 0 Å². The summed E-state index contributed by atoms with van der Waals surface area (Å²) in [5.74, 6) is 2.44. The van der Waals surface area contributed by atoms with Crippen LogP contribution in [0.15, 0.2) is 4.99 Å². The molecule has 2 aliphatic heterocycles. The largest absolute Gasteiger partial charge is 0.381 e. The number of ether oxygens (including phenoxy) is 2. The van der Waals surface area contributed by atoms with Crippen molar-refractivity contribution in [2.24, 2.45) is 16.8 Å². The molecule has 3 fully saturated rings. The third kappa shape index (κ3) is 5.56. The number of guanidine groups is 1. The van der Waals surface area contributed by atoms with E-state index in [9.17, 15) is 0 Å². The first-order valence-electron chi connectivity index (χ1n) is 10.1. The van der Waals surface area contributed by atoms with Crippen LogP contribution < -0.4 is 10.6 Å². The van der Waals surface area contributed by atoms with Crippen LogP contribution in [0, 0.1) is 11.8 Å². The molecule has 3 aliphatic rings. The van der Waals surface area contributed by atoms with Crippen LogP contribution in [0.1, 0.15) is 39.0 Å². The summed E-state index contributed by atoms with van der Waals surface area (Å²) < 4.78 is 11.2. The zero-order valence-corrected chi connectivity index (χ0v) is 16.0. The van der Waals surface area contributed by atoms with Crippen LogP contribution in [0.3, 0.4) is 0 Å². The fourth-order valence-electron chi connectivity index (χ4n) is 4.35. The van der Waals surface area contributed by atoms with Gasteiger partial charge in [0, 0.05) is 51.3 Å². The van der Waals surface area contributed by atoms with Crippen molar-refractivity contribution in [3.05, 3.63) is 0 Å². The monoisotopic (exact) mass is 352 g/mol. The molecule has 0 aromatic carbocycles. The maximum absolute atomic E-state index is 5.66. The van der Waals surface area contributed by atoms with Gasteiger partial charge in [-0.1, -0.05) is 6.92 Å². The molecule has 1 aliphatic carbocycles. The van der Waals surface area contributed by atoms with E-state index in [0.717, 1.165) is 64.4 Å². The second-order valence-corrected chi connectivity index (χ2v) is 7.89. The van der Waals surface area contributed by atoms with Gasteiger partial charge in [0.25, 0.3) is 0 Å². The van der Waals surface area contributed by atoms with E-state index in [1.807, 2.05) is 7.05 Å². The Morgan fingerprint density at radius 3 is 2.48 bits per heavy atom. The average Bonchev–Trinajstić information content (AvgIpc) is 3.18. The van der Waals surface area contributed by atoms with Crippen LogP contribution in [-0.2, 0) is 9.47 Å². The summed E-state index contributed by atoms with van der Waals surface area (Å²) in [4.78, 5) is 7.04. The molecule has 0 spiro atoms. The molecule has 2 atom stereocenters. The van der Waals surface area contributed by atoms with E-state index >= 15 is 0 Å². The highest BCUT2D eigenvalue weighted by atomic mass is 16.5. The molecule has 6 nitrogen and oxygen atoms in total. The number of nitrogens with one attached hydrogen (secondary N) is 2. The molecule has 2 N–H and O–H groups in total. The first-order chi connectivity index (χ1) is 12.3. The fraction of sp³-hybridized carbons (Fsp3) is 0.947. The van der Waals surface area contributed by atoms with Crippen LogP contribution in [0.2, 0.25) is 0 Å². The first-order valence-corrected chi connectivity index (χ1v) is 10.1. The van der Waals surface area contributed by atoms with E-state index in [2.05, 4.69) is 27.4 Å². The third-order valence-electron chi connectivity index (χ3n) is 6.08. The lowest BCUT2D eigenvalue weighted by Gasteiger charge is -2.38. The standard InChI is InChI=1S/C19H36N4O2/c1-15-3-5-17(6-4-15)22-19(20-2)21-13-18(16-7-10-25-14-16)23-8-11-24-12-9-23/h15-18H,3-14H2,1-2H3,(H2,20,21,22). The lowest BCUT2D eigenvalue weighted by Crippen LogP contribution is -2.54. The summed E-state index contributed by atoms with van der Waals surface area (Å²) in [5.41, 5.74) is 0. The van der Waals surface area contributed by atoms with Gasteiger partial charge >= 0.3 is 0 Å². The molecule has 144 valence electrons. The third-order valence-corrected chi connectivity index (χ3v) is 6.08. The molecule has 0 bridgehead atoms. The van der Waals surface area contributed by atoms with Crippen LogP contribution in [-0.4, -0.2) is 76.1 Å². The Morgan fingerprint density at radius 1 is 1.08 bits per heavy atom. The predicted molar refractivity (Wildman–Crippen MR) is 101 cm³/mol. The number of aliphatic imine (C=N–C) groups is 1. The molecular formula is C19H36N4O2. The van der Waals surface area contributed by atoms with Gasteiger partial charge in [-0.15, -0.1) is 0 Å². The zero-order valence-electron chi connectivity index (χ0n) is 16.0. The second-order valence-electron chi connectivity index (χ2n) is 7.89. The number of hydrogen-bond acceptors (Lipinski definition) is 4. The zero-order chi connectivity index (χ0) is 17.5. The molecule has 0 aromatic rings. The summed E-state index contributed by atoms with van der Waals surface area (Å²) in [7, 11) is 1.88. The van der Waals surface area contributed by atoms with Gasteiger partial charge in [0.2, 0.25) is 0 Å². The van der Waals surface area contributed by atoms with E-state index in [1.54, 1.807) is 0 Å². The van der Waals surface area contributed by atoms with Crippen molar-refractivity contribution in [2.75, 3.05) is 53.1 Å². The van der Waals surface area contributed by atoms with Gasteiger partial charge in [0.15, 0.2) is 5.96 Å². The van der Waals surface area contributed by atoms with Gasteiger partial charge in [-0.05, 0) is 38.0 Å². The Hall–Kier alpha value is -0.850. The van der Waals surface area contributed by atoms with Gasteiger partial charge in [0.1, 0.15) is 0 Å². The van der Waals surface area contributed by atoms with E-state index in [4.69, 9.17) is 9.47 Å². The van der Waals surface area contributed by atoms with E-state index in [-0.39, 0.29) is 0 Å². The van der Waals surface area contributed by atoms with Crippen molar-refractivity contribution in [1.29, 1.82) is 0 Å². The molecule has 1 saturated carbocycles. The fourth-order valence-corrected chi connectivity index (χ4v) is 4.35. The summed E-state index contributed by atoms with van der Waals surface area (Å²) in [5, 5.41) is 7.24. The maximum Gasteiger partial charge on any atom is 0.191 e. The van der Waals surface area contributed by atoms with Gasteiger partial charge in [-0.2, -0.15) is 0 Å². The molecule has 25 heavy (non-hydrogen) atoms. The number of nitrogens with zero attached hydrogens (tertiary/aromatic N) is 2. The topological polar surface area (TPSA) is 58.1 Å². The molecular weight excluding hydrogens is 316 g/mol. The highest BCUT2D eigenvalue weighted by Gasteiger charge is 2.31. The van der Waals surface area contributed by atoms with Crippen molar-refractivity contribution in [1.82, 2.24) is 15.5 Å². The van der Waals surface area contributed by atoms with Crippen LogP contribution in [0.25, 0.3) is 0 Å². The summed E-state index contributed by atoms with van der Waals surface area (Å²) >= 11 is 0. The highest BCUT2D eigenvalue weighted by molar-refractivity contribution is 5.80. The van der Waals surface area contributed by atoms with Gasteiger partial charge in [-0.25, -0.2) is 0 Å². The molecule has 0 amide bonds. The van der Waals surface area contributed by atoms with Crippen LogP contribution in [0.4, 0.5) is 0 Å². The summed E-state index contributed by atoms with van der Waals surface area (Å²) in [6, 6.07) is 1.07. The van der Waals surface area contributed by atoms with Gasteiger partial charge < -0.3 is 20.1 Å². The minimum atomic E-state index is 0.497. The number of morpholine rings is 1. The van der Waals surface area contributed by atoms with Crippen LogP contribution >= 0.6 is 0 Å². The molecule has 0 aromatic heterocycles. The van der Waals surface area contributed by atoms with E-state index < -0.39 is 0 Å². The molecule has 6 heteroatoms. The SMILES string of the molecule is CN=C(NCC(C1CCOC1)N1CCOCC1)NC1CCC(C)CC1. The molecule has 2 saturated heterocycles. The smallest absolute Gasteiger partial charge is 0.191 e. The van der Waals surface area contributed by atoms with Crippen LogP contribution in [0.5, 0.6) is 0 Å². The summed E-state index contributed by atoms with van der Waals surface area (Å²) in [6.45, 7) is 8.81. The molecule has 3 rings (SSSR count).